The summed E-state index contributed by atoms with van der Waals surface area (Å²) in [5, 5.41) is 6.71. The second kappa shape index (κ2) is 10.7. The summed E-state index contributed by atoms with van der Waals surface area (Å²) in [6.45, 7) is 3.72. The smallest absolute Gasteiger partial charge is 0.190 e. The number of hydrogen-bond acceptors (Lipinski definition) is 3. The van der Waals surface area contributed by atoms with E-state index in [1.165, 1.54) is 11.1 Å². The minimum absolute atomic E-state index is 0. The molecule has 0 bridgehead atoms. The predicted octanol–water partition coefficient (Wildman–Crippen LogP) is 1.90. The minimum atomic E-state index is 0. The Labute approximate surface area is 156 Å². The SMILES string of the molecule is CN=C(NCCCN(C)C)NCCc1ccc2c(c1)CCO2.I. The zero-order valence-corrected chi connectivity index (χ0v) is 16.7. The van der Waals surface area contributed by atoms with Crippen molar-refractivity contribution < 1.29 is 4.74 Å². The highest BCUT2D eigenvalue weighted by atomic mass is 127. The maximum absolute atomic E-state index is 5.54. The van der Waals surface area contributed by atoms with Gasteiger partial charge in [-0.15, -0.1) is 24.0 Å². The number of rotatable bonds is 7. The highest BCUT2D eigenvalue weighted by molar-refractivity contribution is 14.0. The number of nitrogens with zero attached hydrogens (tertiary/aromatic N) is 2. The Hall–Kier alpha value is -1.02. The zero-order valence-electron chi connectivity index (χ0n) is 14.4. The van der Waals surface area contributed by atoms with Crippen LogP contribution in [0.2, 0.25) is 0 Å². The maximum atomic E-state index is 5.54. The molecule has 0 spiro atoms. The summed E-state index contributed by atoms with van der Waals surface area (Å²) in [5.41, 5.74) is 2.68. The van der Waals surface area contributed by atoms with Crippen LogP contribution in [0.25, 0.3) is 0 Å². The molecule has 5 nitrogen and oxygen atoms in total. The third kappa shape index (κ3) is 6.95. The molecule has 2 rings (SSSR count). The lowest BCUT2D eigenvalue weighted by molar-refractivity contribution is 0.357. The Morgan fingerprint density at radius 2 is 2.04 bits per heavy atom. The molecule has 0 unspecified atom stereocenters. The quantitative estimate of drug-likeness (QED) is 0.299. The highest BCUT2D eigenvalue weighted by Crippen LogP contribution is 2.25. The van der Waals surface area contributed by atoms with Gasteiger partial charge in [-0.05, 0) is 50.7 Å². The van der Waals surface area contributed by atoms with Gasteiger partial charge in [0.1, 0.15) is 5.75 Å². The Kier molecular flexibility index (Phi) is 9.31. The van der Waals surface area contributed by atoms with Crippen LogP contribution in [-0.2, 0) is 12.8 Å². The molecule has 0 aromatic heterocycles. The van der Waals surface area contributed by atoms with Gasteiger partial charge in [0.15, 0.2) is 5.96 Å². The van der Waals surface area contributed by atoms with E-state index in [9.17, 15) is 0 Å². The minimum Gasteiger partial charge on any atom is -0.493 e. The molecule has 2 N–H and O–H groups in total. The second-order valence-electron chi connectivity index (χ2n) is 5.87. The standard InChI is InChI=1S/C17H28N4O.HI/c1-18-17(19-9-4-11-21(2)3)20-10-7-14-5-6-16-15(13-14)8-12-22-16;/h5-6,13H,4,7-12H2,1-3H3,(H2,18,19,20);1H. The molecule has 1 aromatic carbocycles. The summed E-state index contributed by atoms with van der Waals surface area (Å²) < 4.78 is 5.54. The van der Waals surface area contributed by atoms with Crippen LogP contribution in [0.1, 0.15) is 17.5 Å². The number of halogens is 1. The van der Waals surface area contributed by atoms with Crippen molar-refractivity contribution in [1.82, 2.24) is 15.5 Å². The number of fused-ring (bicyclic) bond motifs is 1. The normalized spacial score (nSPS) is 13.3. The van der Waals surface area contributed by atoms with Crippen molar-refractivity contribution in [3.05, 3.63) is 29.3 Å². The van der Waals surface area contributed by atoms with Crippen LogP contribution in [0.4, 0.5) is 0 Å². The Balaban J connectivity index is 0.00000264. The van der Waals surface area contributed by atoms with E-state index in [0.29, 0.717) is 0 Å². The fourth-order valence-electron chi connectivity index (χ4n) is 2.54. The van der Waals surface area contributed by atoms with Gasteiger partial charge in [-0.1, -0.05) is 12.1 Å². The molecule has 0 fully saturated rings. The van der Waals surface area contributed by atoms with Crippen LogP contribution in [0.5, 0.6) is 5.75 Å². The summed E-state index contributed by atoms with van der Waals surface area (Å²) in [6.07, 6.45) is 3.13. The molecule has 0 atom stereocenters. The second-order valence-corrected chi connectivity index (χ2v) is 5.87. The van der Waals surface area contributed by atoms with E-state index < -0.39 is 0 Å². The van der Waals surface area contributed by atoms with Crippen LogP contribution in [-0.4, -0.2) is 58.2 Å². The Bertz CT molecular complexity index is 505. The maximum Gasteiger partial charge on any atom is 0.190 e. The Morgan fingerprint density at radius 1 is 1.26 bits per heavy atom. The topological polar surface area (TPSA) is 48.9 Å². The van der Waals surface area contributed by atoms with E-state index in [-0.39, 0.29) is 24.0 Å². The van der Waals surface area contributed by atoms with E-state index in [4.69, 9.17) is 4.74 Å². The molecule has 1 aliphatic heterocycles. The molecule has 0 saturated carbocycles. The Morgan fingerprint density at radius 3 is 2.78 bits per heavy atom. The monoisotopic (exact) mass is 432 g/mol. The summed E-state index contributed by atoms with van der Waals surface area (Å²) in [5.74, 6) is 1.93. The molecular weight excluding hydrogens is 403 g/mol. The number of nitrogens with one attached hydrogen (secondary N) is 2. The summed E-state index contributed by atoms with van der Waals surface area (Å²) in [6, 6.07) is 6.50. The number of ether oxygens (including phenoxy) is 1. The fraction of sp³-hybridized carbons (Fsp3) is 0.588. The summed E-state index contributed by atoms with van der Waals surface area (Å²) >= 11 is 0. The lowest BCUT2D eigenvalue weighted by Crippen LogP contribution is -2.39. The number of aliphatic imine (C=N–C) groups is 1. The van der Waals surface area contributed by atoms with Crippen molar-refractivity contribution >= 4 is 29.9 Å². The van der Waals surface area contributed by atoms with Crippen molar-refractivity contribution in [2.75, 3.05) is 47.4 Å². The molecule has 1 aliphatic rings. The van der Waals surface area contributed by atoms with Gasteiger partial charge in [0.05, 0.1) is 6.61 Å². The zero-order chi connectivity index (χ0) is 15.8. The summed E-state index contributed by atoms with van der Waals surface area (Å²) in [7, 11) is 6.00. The highest BCUT2D eigenvalue weighted by Gasteiger charge is 2.11. The van der Waals surface area contributed by atoms with Crippen molar-refractivity contribution in [1.29, 1.82) is 0 Å². The van der Waals surface area contributed by atoms with Crippen LogP contribution >= 0.6 is 24.0 Å². The lowest BCUT2D eigenvalue weighted by Gasteiger charge is -2.13. The third-order valence-corrected chi connectivity index (χ3v) is 3.76. The van der Waals surface area contributed by atoms with Crippen LogP contribution < -0.4 is 15.4 Å². The van der Waals surface area contributed by atoms with Gasteiger partial charge in [-0.2, -0.15) is 0 Å². The van der Waals surface area contributed by atoms with Crippen molar-refractivity contribution in [2.24, 2.45) is 4.99 Å². The molecule has 1 heterocycles. The van der Waals surface area contributed by atoms with Gasteiger partial charge < -0.3 is 20.3 Å². The van der Waals surface area contributed by atoms with Crippen LogP contribution in [0, 0.1) is 0 Å². The number of benzene rings is 1. The van der Waals surface area contributed by atoms with Gasteiger partial charge in [-0.3, -0.25) is 4.99 Å². The van der Waals surface area contributed by atoms with E-state index in [2.05, 4.69) is 52.8 Å². The third-order valence-electron chi connectivity index (χ3n) is 3.76. The fourth-order valence-corrected chi connectivity index (χ4v) is 2.54. The van der Waals surface area contributed by atoms with Crippen molar-refractivity contribution in [3.63, 3.8) is 0 Å². The first-order valence-corrected chi connectivity index (χ1v) is 8.03. The van der Waals surface area contributed by atoms with Crippen LogP contribution in [0.3, 0.4) is 0 Å². The number of guanidine groups is 1. The molecule has 0 aliphatic carbocycles. The predicted molar refractivity (Wildman–Crippen MR) is 107 cm³/mol. The molecule has 23 heavy (non-hydrogen) atoms. The molecule has 0 radical (unpaired) electrons. The molecule has 0 amide bonds. The lowest BCUT2D eigenvalue weighted by atomic mass is 10.1. The largest absolute Gasteiger partial charge is 0.493 e. The first-order valence-electron chi connectivity index (χ1n) is 8.03. The van der Waals surface area contributed by atoms with Crippen LogP contribution in [0.15, 0.2) is 23.2 Å². The van der Waals surface area contributed by atoms with E-state index in [1.54, 1.807) is 0 Å². The summed E-state index contributed by atoms with van der Waals surface area (Å²) in [4.78, 5) is 6.44. The van der Waals surface area contributed by atoms with Gasteiger partial charge >= 0.3 is 0 Å². The molecular formula is C17H29IN4O. The molecule has 130 valence electrons. The average molecular weight is 432 g/mol. The van der Waals surface area contributed by atoms with E-state index in [1.807, 2.05) is 7.05 Å². The van der Waals surface area contributed by atoms with Gasteiger partial charge in [0, 0.05) is 26.6 Å². The van der Waals surface area contributed by atoms with Gasteiger partial charge in [-0.25, -0.2) is 0 Å². The van der Waals surface area contributed by atoms with Crippen molar-refractivity contribution in [2.45, 2.75) is 19.3 Å². The van der Waals surface area contributed by atoms with E-state index in [0.717, 1.165) is 57.2 Å². The first-order chi connectivity index (χ1) is 10.7. The number of hydrogen-bond donors (Lipinski definition) is 2. The average Bonchev–Trinajstić information content (AvgIpc) is 2.97. The molecule has 0 saturated heterocycles. The van der Waals surface area contributed by atoms with Crippen molar-refractivity contribution in [3.8, 4) is 5.75 Å². The molecule has 6 heteroatoms. The first kappa shape index (κ1) is 20.0. The van der Waals surface area contributed by atoms with Gasteiger partial charge in [0.25, 0.3) is 0 Å². The van der Waals surface area contributed by atoms with E-state index >= 15 is 0 Å². The molecule has 1 aromatic rings. The van der Waals surface area contributed by atoms with Gasteiger partial charge in [0.2, 0.25) is 0 Å².